The standard InChI is InChI=1S/C21H20FNO2/c1-12-6-11-17(21(24)25-2)18-15-4-3-5-16(15)20(23-19(12)18)13-7-9-14(22)10-8-13/h3-4,6-11,15-16,20,23H,5H2,1-2H3/t15-,16-,20-/m1/s1. The number of hydrogen-bond donors (Lipinski definition) is 1. The van der Waals surface area contributed by atoms with E-state index in [1.165, 1.54) is 19.2 Å². The monoisotopic (exact) mass is 337 g/mol. The summed E-state index contributed by atoms with van der Waals surface area (Å²) in [5.74, 6) is -0.0917. The summed E-state index contributed by atoms with van der Waals surface area (Å²) in [5, 5.41) is 3.62. The molecule has 1 aliphatic carbocycles. The number of aryl methyl sites for hydroxylation is 1. The van der Waals surface area contributed by atoms with Crippen LogP contribution < -0.4 is 5.32 Å². The topological polar surface area (TPSA) is 38.3 Å². The number of carbonyl (C=O) groups is 1. The number of allylic oxidation sites excluding steroid dienone is 2. The summed E-state index contributed by atoms with van der Waals surface area (Å²) in [6, 6.07) is 10.6. The van der Waals surface area contributed by atoms with Crippen molar-refractivity contribution in [3.8, 4) is 0 Å². The third-order valence-electron chi connectivity index (χ3n) is 5.36. The van der Waals surface area contributed by atoms with Crippen molar-refractivity contribution in [3.63, 3.8) is 0 Å². The Balaban J connectivity index is 1.85. The van der Waals surface area contributed by atoms with Gasteiger partial charge in [0.1, 0.15) is 5.82 Å². The molecule has 0 amide bonds. The molecule has 25 heavy (non-hydrogen) atoms. The molecule has 4 rings (SSSR count). The van der Waals surface area contributed by atoms with Crippen LogP contribution in [0.25, 0.3) is 0 Å². The van der Waals surface area contributed by atoms with Crippen LogP contribution in [0.4, 0.5) is 10.1 Å². The van der Waals surface area contributed by atoms with E-state index in [1.54, 1.807) is 0 Å². The lowest BCUT2D eigenvalue weighted by Crippen LogP contribution is -2.31. The summed E-state index contributed by atoms with van der Waals surface area (Å²) in [7, 11) is 1.41. The second kappa shape index (κ2) is 6.03. The Hall–Kier alpha value is -2.62. The van der Waals surface area contributed by atoms with Gasteiger partial charge in [-0.25, -0.2) is 9.18 Å². The van der Waals surface area contributed by atoms with Gasteiger partial charge in [0.2, 0.25) is 0 Å². The van der Waals surface area contributed by atoms with Crippen LogP contribution in [0, 0.1) is 18.7 Å². The zero-order valence-corrected chi connectivity index (χ0v) is 14.3. The van der Waals surface area contributed by atoms with Gasteiger partial charge in [0.05, 0.1) is 18.7 Å². The molecule has 3 nitrogen and oxygen atoms in total. The summed E-state index contributed by atoms with van der Waals surface area (Å²) < 4.78 is 18.3. The molecule has 2 aromatic carbocycles. The molecule has 0 unspecified atom stereocenters. The predicted octanol–water partition coefficient (Wildman–Crippen LogP) is 4.75. The molecule has 1 aliphatic heterocycles. The Morgan fingerprint density at radius 3 is 2.68 bits per heavy atom. The number of esters is 1. The Kier molecular flexibility index (Phi) is 3.83. The number of carbonyl (C=O) groups excluding carboxylic acids is 1. The molecule has 0 saturated heterocycles. The molecular formula is C21H20FNO2. The van der Waals surface area contributed by atoms with Gasteiger partial charge in [-0.05, 0) is 54.2 Å². The quantitative estimate of drug-likeness (QED) is 0.635. The Labute approximate surface area is 146 Å². The first-order valence-corrected chi connectivity index (χ1v) is 8.50. The molecule has 0 fully saturated rings. The lowest BCUT2D eigenvalue weighted by molar-refractivity contribution is 0.0598. The summed E-state index contributed by atoms with van der Waals surface area (Å²) >= 11 is 0. The van der Waals surface area contributed by atoms with Crippen molar-refractivity contribution in [1.29, 1.82) is 0 Å². The molecule has 0 bridgehead atoms. The molecule has 3 atom stereocenters. The number of fused-ring (bicyclic) bond motifs is 3. The second-order valence-corrected chi connectivity index (χ2v) is 6.74. The van der Waals surface area contributed by atoms with E-state index in [0.717, 1.165) is 28.8 Å². The highest BCUT2D eigenvalue weighted by Crippen LogP contribution is 2.51. The van der Waals surface area contributed by atoms with Crippen LogP contribution >= 0.6 is 0 Å². The van der Waals surface area contributed by atoms with Gasteiger partial charge in [-0.3, -0.25) is 0 Å². The number of hydrogen-bond acceptors (Lipinski definition) is 3. The minimum Gasteiger partial charge on any atom is -0.465 e. The van der Waals surface area contributed by atoms with Crippen LogP contribution in [0.5, 0.6) is 0 Å². The van der Waals surface area contributed by atoms with E-state index in [-0.39, 0.29) is 23.7 Å². The molecule has 0 spiro atoms. The van der Waals surface area contributed by atoms with E-state index in [1.807, 2.05) is 31.2 Å². The van der Waals surface area contributed by atoms with Gasteiger partial charge in [-0.15, -0.1) is 0 Å². The van der Waals surface area contributed by atoms with Gasteiger partial charge >= 0.3 is 5.97 Å². The largest absolute Gasteiger partial charge is 0.465 e. The molecule has 0 radical (unpaired) electrons. The first kappa shape index (κ1) is 15.9. The maximum Gasteiger partial charge on any atom is 0.338 e. The smallest absolute Gasteiger partial charge is 0.338 e. The van der Waals surface area contributed by atoms with Gasteiger partial charge in [-0.1, -0.05) is 30.4 Å². The van der Waals surface area contributed by atoms with Crippen molar-refractivity contribution in [3.05, 3.63) is 76.6 Å². The Morgan fingerprint density at radius 2 is 1.96 bits per heavy atom. The average Bonchev–Trinajstić information content (AvgIpc) is 3.11. The summed E-state index contributed by atoms with van der Waals surface area (Å²) in [6.07, 6.45) is 5.28. The minimum atomic E-state index is -0.308. The number of ether oxygens (including phenoxy) is 1. The lowest BCUT2D eigenvalue weighted by atomic mass is 9.75. The zero-order valence-electron chi connectivity index (χ0n) is 14.3. The number of anilines is 1. The molecule has 0 aromatic heterocycles. The second-order valence-electron chi connectivity index (χ2n) is 6.74. The molecule has 4 heteroatoms. The van der Waals surface area contributed by atoms with Crippen LogP contribution in [0.2, 0.25) is 0 Å². The molecule has 2 aliphatic rings. The summed E-state index contributed by atoms with van der Waals surface area (Å²) in [4.78, 5) is 12.3. The van der Waals surface area contributed by atoms with Crippen molar-refractivity contribution >= 4 is 11.7 Å². The Bertz CT molecular complexity index is 857. The van der Waals surface area contributed by atoms with Gasteiger partial charge in [0, 0.05) is 11.6 Å². The fourth-order valence-electron chi connectivity index (χ4n) is 4.14. The number of halogens is 1. The number of benzene rings is 2. The number of nitrogens with one attached hydrogen (secondary N) is 1. The van der Waals surface area contributed by atoms with Crippen molar-refractivity contribution in [2.45, 2.75) is 25.3 Å². The highest BCUT2D eigenvalue weighted by Gasteiger charge is 2.40. The van der Waals surface area contributed by atoms with Gasteiger partial charge in [-0.2, -0.15) is 0 Å². The van der Waals surface area contributed by atoms with Crippen LogP contribution in [-0.4, -0.2) is 13.1 Å². The summed E-state index contributed by atoms with van der Waals surface area (Å²) in [5.41, 5.74) is 4.78. The lowest BCUT2D eigenvalue weighted by Gasteiger charge is -2.39. The van der Waals surface area contributed by atoms with E-state index in [2.05, 4.69) is 17.5 Å². The number of methoxy groups -OCH3 is 1. The molecule has 128 valence electrons. The maximum absolute atomic E-state index is 13.3. The van der Waals surface area contributed by atoms with E-state index in [0.29, 0.717) is 11.5 Å². The molecule has 1 heterocycles. The molecular weight excluding hydrogens is 317 g/mol. The number of rotatable bonds is 2. The molecule has 1 N–H and O–H groups in total. The SMILES string of the molecule is COC(=O)c1ccc(C)c2c1[C@@H]1C=CC[C@H]1[C@@H](c1ccc(F)cc1)N2. The van der Waals surface area contributed by atoms with E-state index in [4.69, 9.17) is 4.74 Å². The fraction of sp³-hybridized carbons (Fsp3) is 0.286. The van der Waals surface area contributed by atoms with Gasteiger partial charge < -0.3 is 10.1 Å². The highest BCUT2D eigenvalue weighted by molar-refractivity contribution is 5.94. The maximum atomic E-state index is 13.3. The molecule has 0 saturated carbocycles. The van der Waals surface area contributed by atoms with Gasteiger partial charge in [0.25, 0.3) is 0 Å². The van der Waals surface area contributed by atoms with Gasteiger partial charge in [0.15, 0.2) is 0 Å². The highest BCUT2D eigenvalue weighted by atomic mass is 19.1. The normalized spacial score (nSPS) is 23.6. The van der Waals surface area contributed by atoms with Crippen LogP contribution in [0.3, 0.4) is 0 Å². The van der Waals surface area contributed by atoms with Crippen LogP contribution in [0.1, 0.15) is 45.4 Å². The first-order valence-electron chi connectivity index (χ1n) is 8.50. The first-order chi connectivity index (χ1) is 12.1. The van der Waals surface area contributed by atoms with Crippen LogP contribution in [-0.2, 0) is 4.74 Å². The Morgan fingerprint density at radius 1 is 1.20 bits per heavy atom. The van der Waals surface area contributed by atoms with E-state index in [9.17, 15) is 9.18 Å². The summed E-state index contributed by atoms with van der Waals surface area (Å²) in [6.45, 7) is 2.04. The van der Waals surface area contributed by atoms with Crippen molar-refractivity contribution in [1.82, 2.24) is 0 Å². The van der Waals surface area contributed by atoms with Crippen LogP contribution in [0.15, 0.2) is 48.6 Å². The van der Waals surface area contributed by atoms with Crippen molar-refractivity contribution < 1.29 is 13.9 Å². The third-order valence-corrected chi connectivity index (χ3v) is 5.36. The predicted molar refractivity (Wildman–Crippen MR) is 95.3 cm³/mol. The van der Waals surface area contributed by atoms with Crippen molar-refractivity contribution in [2.75, 3.05) is 12.4 Å². The molecule has 2 aromatic rings. The van der Waals surface area contributed by atoms with Crippen molar-refractivity contribution in [2.24, 2.45) is 5.92 Å². The zero-order chi connectivity index (χ0) is 17.6. The third kappa shape index (κ3) is 2.53. The van der Waals surface area contributed by atoms with E-state index >= 15 is 0 Å². The average molecular weight is 337 g/mol. The van der Waals surface area contributed by atoms with E-state index < -0.39 is 0 Å². The minimum absolute atomic E-state index is 0.0831. The fourth-order valence-corrected chi connectivity index (χ4v) is 4.14.